The van der Waals surface area contributed by atoms with E-state index >= 15 is 0 Å². The number of aromatic nitrogens is 1. The summed E-state index contributed by atoms with van der Waals surface area (Å²) in [4.78, 5) is 5.42. The van der Waals surface area contributed by atoms with Gasteiger partial charge in [-0.25, -0.2) is 0 Å². The number of nitrogens with zero attached hydrogens (tertiary/aromatic N) is 1. The predicted molar refractivity (Wildman–Crippen MR) is 45.7 cm³/mol. The molecule has 1 heterocycles. The van der Waals surface area contributed by atoms with Gasteiger partial charge in [0.15, 0.2) is 5.75 Å². The Morgan fingerprint density at radius 2 is 1.75 bits per heavy atom. The summed E-state index contributed by atoms with van der Waals surface area (Å²) in [5, 5.41) is 0. The molecule has 0 bridgehead atoms. The van der Waals surface area contributed by atoms with Crippen molar-refractivity contribution >= 4 is 0 Å². The molecular formula is C10H8NO. The van der Waals surface area contributed by atoms with E-state index in [1.54, 1.807) is 4.73 Å². The fourth-order valence-electron chi connectivity index (χ4n) is 0.934. The van der Waals surface area contributed by atoms with Crippen molar-refractivity contribution in [1.82, 2.24) is 4.73 Å². The molecule has 59 valence electrons. The van der Waals surface area contributed by atoms with Gasteiger partial charge < -0.3 is 4.84 Å². The molecule has 0 unspecified atom stereocenters. The van der Waals surface area contributed by atoms with Gasteiger partial charge in [-0.2, -0.15) is 4.73 Å². The van der Waals surface area contributed by atoms with Gasteiger partial charge in [-0.05, 0) is 30.3 Å². The van der Waals surface area contributed by atoms with Crippen LogP contribution in [-0.2, 0) is 0 Å². The van der Waals surface area contributed by atoms with Crippen molar-refractivity contribution in [2.75, 3.05) is 0 Å². The Labute approximate surface area is 71.0 Å². The Bertz CT molecular complexity index is 326. The molecule has 1 aromatic heterocycles. The minimum Gasteiger partial charge on any atom is -0.376 e. The van der Waals surface area contributed by atoms with Gasteiger partial charge >= 0.3 is 0 Å². The van der Waals surface area contributed by atoms with Crippen LogP contribution in [0.4, 0.5) is 0 Å². The average molecular weight is 158 g/mol. The lowest BCUT2D eigenvalue weighted by Gasteiger charge is -2.03. The molecule has 0 aliphatic carbocycles. The molecule has 1 radical (unpaired) electrons. The second-order valence-electron chi connectivity index (χ2n) is 2.37. The summed E-state index contributed by atoms with van der Waals surface area (Å²) >= 11 is 0. The summed E-state index contributed by atoms with van der Waals surface area (Å²) in [7, 11) is 0. The zero-order chi connectivity index (χ0) is 8.23. The molecule has 12 heavy (non-hydrogen) atoms. The van der Waals surface area contributed by atoms with E-state index in [-0.39, 0.29) is 0 Å². The first-order valence-electron chi connectivity index (χ1n) is 3.72. The van der Waals surface area contributed by atoms with E-state index in [9.17, 15) is 0 Å². The summed E-state index contributed by atoms with van der Waals surface area (Å²) in [6.45, 7) is 0. The highest BCUT2D eigenvalue weighted by Gasteiger charge is 1.90. The molecule has 2 nitrogen and oxygen atoms in total. The molecule has 0 saturated carbocycles. The topological polar surface area (TPSA) is 14.2 Å². The summed E-state index contributed by atoms with van der Waals surface area (Å²) in [6, 6.07) is 14.1. The normalized spacial score (nSPS) is 9.67. The highest BCUT2D eigenvalue weighted by Crippen LogP contribution is 2.08. The van der Waals surface area contributed by atoms with Gasteiger partial charge in [0.1, 0.15) is 0 Å². The fraction of sp³-hybridized carbons (Fsp3) is 0. The SMILES string of the molecule is [c]1ccc(On2cccc2)cc1. The molecular weight excluding hydrogens is 150 g/mol. The van der Waals surface area contributed by atoms with Crippen molar-refractivity contribution < 1.29 is 4.84 Å². The Hall–Kier alpha value is -1.70. The van der Waals surface area contributed by atoms with Gasteiger partial charge in [0.2, 0.25) is 0 Å². The van der Waals surface area contributed by atoms with Crippen molar-refractivity contribution in [2.24, 2.45) is 0 Å². The molecule has 2 rings (SSSR count). The lowest BCUT2D eigenvalue weighted by molar-refractivity contribution is 0.217. The van der Waals surface area contributed by atoms with Gasteiger partial charge in [-0.3, -0.25) is 0 Å². The summed E-state index contributed by atoms with van der Waals surface area (Å²) in [5.74, 6) is 0.810. The first-order valence-corrected chi connectivity index (χ1v) is 3.72. The van der Waals surface area contributed by atoms with Crippen LogP contribution in [0.5, 0.6) is 5.75 Å². The zero-order valence-corrected chi connectivity index (χ0v) is 6.47. The molecule has 0 fully saturated rings. The lowest BCUT2D eigenvalue weighted by Crippen LogP contribution is -2.00. The van der Waals surface area contributed by atoms with Gasteiger partial charge in [-0.15, -0.1) is 0 Å². The Morgan fingerprint density at radius 1 is 1.08 bits per heavy atom. The monoisotopic (exact) mass is 158 g/mol. The largest absolute Gasteiger partial charge is 0.376 e. The van der Waals surface area contributed by atoms with Crippen LogP contribution in [-0.4, -0.2) is 4.73 Å². The van der Waals surface area contributed by atoms with Crippen LogP contribution in [0, 0.1) is 6.07 Å². The smallest absolute Gasteiger partial charge is 0.155 e. The molecule has 0 aliphatic rings. The summed E-state index contributed by atoms with van der Waals surface area (Å²) in [6.07, 6.45) is 3.69. The second-order valence-corrected chi connectivity index (χ2v) is 2.37. The van der Waals surface area contributed by atoms with Gasteiger partial charge in [-0.1, -0.05) is 12.1 Å². The average Bonchev–Trinajstić information content (AvgIpc) is 2.59. The molecule has 2 aromatic rings. The maximum Gasteiger partial charge on any atom is 0.155 e. The van der Waals surface area contributed by atoms with Crippen LogP contribution < -0.4 is 4.84 Å². The maximum absolute atomic E-state index is 5.42. The first kappa shape index (κ1) is 6.98. The Balaban J connectivity index is 2.15. The molecule has 0 saturated heterocycles. The predicted octanol–water partition coefficient (Wildman–Crippen LogP) is 2.13. The van der Waals surface area contributed by atoms with Crippen molar-refractivity contribution in [3.63, 3.8) is 0 Å². The number of hydrogen-bond acceptors (Lipinski definition) is 1. The first-order chi connectivity index (χ1) is 5.95. The summed E-state index contributed by atoms with van der Waals surface area (Å²) < 4.78 is 1.65. The third kappa shape index (κ3) is 1.48. The van der Waals surface area contributed by atoms with E-state index in [1.807, 2.05) is 48.8 Å². The maximum atomic E-state index is 5.42. The van der Waals surface area contributed by atoms with Crippen LogP contribution >= 0.6 is 0 Å². The van der Waals surface area contributed by atoms with Crippen LogP contribution in [0.25, 0.3) is 0 Å². The number of hydrogen-bond donors (Lipinski definition) is 0. The highest BCUT2D eigenvalue weighted by molar-refractivity contribution is 5.20. The van der Waals surface area contributed by atoms with Gasteiger partial charge in [0, 0.05) is 12.4 Å². The van der Waals surface area contributed by atoms with Crippen molar-refractivity contribution in [3.8, 4) is 5.75 Å². The number of rotatable bonds is 2. The van der Waals surface area contributed by atoms with E-state index in [4.69, 9.17) is 4.84 Å². The lowest BCUT2D eigenvalue weighted by atomic mass is 10.3. The van der Waals surface area contributed by atoms with E-state index < -0.39 is 0 Å². The highest BCUT2D eigenvalue weighted by atomic mass is 16.7. The van der Waals surface area contributed by atoms with E-state index in [0.29, 0.717) is 0 Å². The van der Waals surface area contributed by atoms with Crippen molar-refractivity contribution in [2.45, 2.75) is 0 Å². The van der Waals surface area contributed by atoms with Crippen LogP contribution in [0.15, 0.2) is 48.8 Å². The van der Waals surface area contributed by atoms with Crippen molar-refractivity contribution in [3.05, 3.63) is 54.9 Å². The third-order valence-electron chi connectivity index (χ3n) is 1.48. The molecule has 0 N–H and O–H groups in total. The van der Waals surface area contributed by atoms with Crippen LogP contribution in [0.3, 0.4) is 0 Å². The minimum atomic E-state index is 0.810. The van der Waals surface area contributed by atoms with E-state index in [0.717, 1.165) is 5.75 Å². The minimum absolute atomic E-state index is 0.810. The van der Waals surface area contributed by atoms with Crippen LogP contribution in [0.1, 0.15) is 0 Å². The van der Waals surface area contributed by atoms with Gasteiger partial charge in [0.05, 0.1) is 0 Å². The second kappa shape index (κ2) is 3.13. The van der Waals surface area contributed by atoms with Crippen molar-refractivity contribution in [1.29, 1.82) is 0 Å². The molecule has 0 spiro atoms. The standard InChI is InChI=1S/C10H8NO/c1-2-6-10(7-3-1)12-11-8-4-5-9-11/h2-9H. The molecule has 1 aromatic carbocycles. The number of benzene rings is 1. The third-order valence-corrected chi connectivity index (χ3v) is 1.48. The molecule has 0 atom stereocenters. The fourth-order valence-corrected chi connectivity index (χ4v) is 0.934. The van der Waals surface area contributed by atoms with E-state index in [1.165, 1.54) is 0 Å². The molecule has 0 aliphatic heterocycles. The Kier molecular flexibility index (Phi) is 1.82. The summed E-state index contributed by atoms with van der Waals surface area (Å²) in [5.41, 5.74) is 0. The van der Waals surface area contributed by atoms with Crippen LogP contribution in [0.2, 0.25) is 0 Å². The van der Waals surface area contributed by atoms with E-state index in [2.05, 4.69) is 6.07 Å². The van der Waals surface area contributed by atoms with Gasteiger partial charge in [0.25, 0.3) is 0 Å². The zero-order valence-electron chi connectivity index (χ0n) is 6.47. The quantitative estimate of drug-likeness (QED) is 0.653. The Morgan fingerprint density at radius 3 is 2.42 bits per heavy atom. The molecule has 0 amide bonds. The molecule has 2 heteroatoms.